The monoisotopic (exact) mass is 309 g/mol. The number of aliphatic hydroxyl groups is 1. The molecule has 1 aromatic heterocycles. The van der Waals surface area contributed by atoms with Gasteiger partial charge in [-0.25, -0.2) is 17.2 Å². The summed E-state index contributed by atoms with van der Waals surface area (Å²) in [4.78, 5) is -0.0884. The maximum absolute atomic E-state index is 12.3. The van der Waals surface area contributed by atoms with Crippen LogP contribution >= 0.6 is 0 Å². The van der Waals surface area contributed by atoms with E-state index in [1.165, 1.54) is 4.31 Å². The number of aliphatic hydroxyl groups excluding tert-OH is 1. The second kappa shape index (κ2) is 6.15. The third-order valence-electron chi connectivity index (χ3n) is 3.23. The van der Waals surface area contributed by atoms with Gasteiger partial charge in [0.2, 0.25) is 10.0 Å². The normalized spacial score (nSPS) is 22.1. The van der Waals surface area contributed by atoms with E-state index in [0.29, 0.717) is 25.8 Å². The molecule has 1 aliphatic rings. The molecule has 0 aromatic carbocycles. The summed E-state index contributed by atoms with van der Waals surface area (Å²) >= 11 is 0. The highest BCUT2D eigenvalue weighted by Gasteiger charge is 2.28. The molecule has 1 atom stereocenters. The number of sulfonamides is 1. The van der Waals surface area contributed by atoms with E-state index in [-0.39, 0.29) is 11.4 Å². The third-order valence-corrected chi connectivity index (χ3v) is 5.08. The highest BCUT2D eigenvalue weighted by atomic mass is 32.2. The van der Waals surface area contributed by atoms with Crippen molar-refractivity contribution < 1.29 is 22.3 Å². The van der Waals surface area contributed by atoms with Gasteiger partial charge < -0.3 is 5.11 Å². The van der Waals surface area contributed by atoms with E-state index in [2.05, 4.69) is 5.10 Å². The molecule has 6 nitrogen and oxygen atoms in total. The molecule has 1 aromatic rings. The van der Waals surface area contributed by atoms with Crippen LogP contribution in [0.2, 0.25) is 0 Å². The van der Waals surface area contributed by atoms with Crippen LogP contribution < -0.4 is 0 Å². The van der Waals surface area contributed by atoms with Crippen LogP contribution in [-0.4, -0.2) is 53.2 Å². The Kier molecular flexibility index (Phi) is 4.71. The summed E-state index contributed by atoms with van der Waals surface area (Å²) < 4.78 is 51.3. The molecular formula is C11H17F2N3O3S. The maximum Gasteiger partial charge on any atom is 0.257 e. The van der Waals surface area contributed by atoms with E-state index in [9.17, 15) is 22.3 Å². The van der Waals surface area contributed by atoms with Crippen LogP contribution in [0.15, 0.2) is 17.3 Å². The smallest absolute Gasteiger partial charge is 0.257 e. The van der Waals surface area contributed by atoms with Gasteiger partial charge in [0.05, 0.1) is 12.3 Å². The molecule has 1 fully saturated rings. The van der Waals surface area contributed by atoms with E-state index in [1.807, 2.05) is 0 Å². The molecular weight excluding hydrogens is 292 g/mol. The molecule has 114 valence electrons. The summed E-state index contributed by atoms with van der Waals surface area (Å²) in [6.07, 6.45) is 0.643. The summed E-state index contributed by atoms with van der Waals surface area (Å²) in [5.74, 6) is 0. The first-order chi connectivity index (χ1) is 9.39. The van der Waals surface area contributed by atoms with Crippen molar-refractivity contribution in [1.82, 2.24) is 14.1 Å². The van der Waals surface area contributed by atoms with Gasteiger partial charge >= 0.3 is 0 Å². The zero-order valence-electron chi connectivity index (χ0n) is 10.8. The molecule has 1 unspecified atom stereocenters. The molecule has 2 heterocycles. The summed E-state index contributed by atoms with van der Waals surface area (Å²) in [6.45, 7) is -0.0861. The molecule has 9 heteroatoms. The Bertz CT molecular complexity index is 547. The van der Waals surface area contributed by atoms with Crippen LogP contribution in [0.4, 0.5) is 8.78 Å². The zero-order valence-corrected chi connectivity index (χ0v) is 11.6. The van der Waals surface area contributed by atoms with Crippen molar-refractivity contribution in [3.63, 3.8) is 0 Å². The molecule has 0 bridgehead atoms. The first-order valence-electron chi connectivity index (χ1n) is 6.38. The number of alkyl halides is 2. The predicted molar refractivity (Wildman–Crippen MR) is 66.8 cm³/mol. The lowest BCUT2D eigenvalue weighted by Crippen LogP contribution is -2.32. The lowest BCUT2D eigenvalue weighted by molar-refractivity contribution is 0.121. The summed E-state index contributed by atoms with van der Waals surface area (Å²) in [5.41, 5.74) is 0. The highest BCUT2D eigenvalue weighted by molar-refractivity contribution is 7.89. The average Bonchev–Trinajstić information content (AvgIpc) is 2.70. The van der Waals surface area contributed by atoms with Crippen LogP contribution in [0.3, 0.4) is 0 Å². The van der Waals surface area contributed by atoms with E-state index in [4.69, 9.17) is 0 Å². The Balaban J connectivity index is 2.15. The highest BCUT2D eigenvalue weighted by Crippen LogP contribution is 2.20. The molecule has 0 spiro atoms. The van der Waals surface area contributed by atoms with Gasteiger partial charge in [0.15, 0.2) is 0 Å². The second-order valence-electron chi connectivity index (χ2n) is 4.78. The second-order valence-corrected chi connectivity index (χ2v) is 6.72. The zero-order chi connectivity index (χ0) is 14.8. The lowest BCUT2D eigenvalue weighted by atomic mass is 10.2. The van der Waals surface area contributed by atoms with E-state index in [1.54, 1.807) is 0 Å². The van der Waals surface area contributed by atoms with Crippen LogP contribution in [0, 0.1) is 0 Å². The third kappa shape index (κ3) is 3.53. The molecule has 1 aliphatic heterocycles. The number of hydrogen-bond acceptors (Lipinski definition) is 4. The maximum atomic E-state index is 12.3. The van der Waals surface area contributed by atoms with Crippen molar-refractivity contribution in [3.8, 4) is 0 Å². The van der Waals surface area contributed by atoms with Gasteiger partial charge in [-0.15, -0.1) is 0 Å². The Morgan fingerprint density at radius 2 is 2.15 bits per heavy atom. The van der Waals surface area contributed by atoms with Gasteiger partial charge in [0, 0.05) is 19.3 Å². The Labute approximate surface area is 116 Å². The van der Waals surface area contributed by atoms with Gasteiger partial charge in [-0.2, -0.15) is 9.40 Å². The molecule has 20 heavy (non-hydrogen) atoms. The average molecular weight is 309 g/mol. The molecule has 0 saturated carbocycles. The minimum atomic E-state index is -3.73. The number of rotatable bonds is 4. The van der Waals surface area contributed by atoms with Gasteiger partial charge in [0.25, 0.3) is 6.43 Å². The molecule has 1 N–H and O–H groups in total. The lowest BCUT2D eigenvalue weighted by Gasteiger charge is -2.18. The number of halogens is 2. The summed E-state index contributed by atoms with van der Waals surface area (Å²) in [6, 6.07) is 0. The topological polar surface area (TPSA) is 75.4 Å². The fraction of sp³-hybridized carbons (Fsp3) is 0.727. The predicted octanol–water partition coefficient (Wildman–Crippen LogP) is 0.684. The molecule has 0 radical (unpaired) electrons. The van der Waals surface area contributed by atoms with Crippen molar-refractivity contribution >= 4 is 10.0 Å². The largest absolute Gasteiger partial charge is 0.393 e. The Hall–Kier alpha value is -1.06. The van der Waals surface area contributed by atoms with Crippen molar-refractivity contribution in [2.24, 2.45) is 0 Å². The van der Waals surface area contributed by atoms with Crippen LogP contribution in [-0.2, 0) is 16.6 Å². The van der Waals surface area contributed by atoms with Crippen LogP contribution in [0.5, 0.6) is 0 Å². The standard InChI is InChI=1S/C11H17F2N3O3S/c12-11(13)8-15-7-10(6-14-15)20(18,19)16-4-1-2-9(17)3-5-16/h6-7,9,11,17H,1-5,8H2. The van der Waals surface area contributed by atoms with E-state index < -0.39 is 29.1 Å². The van der Waals surface area contributed by atoms with Crippen molar-refractivity contribution in [2.75, 3.05) is 13.1 Å². The van der Waals surface area contributed by atoms with Crippen molar-refractivity contribution in [1.29, 1.82) is 0 Å². The fourth-order valence-electron chi connectivity index (χ4n) is 2.16. The van der Waals surface area contributed by atoms with Gasteiger partial charge in [-0.05, 0) is 19.3 Å². The van der Waals surface area contributed by atoms with Crippen molar-refractivity contribution in [3.05, 3.63) is 12.4 Å². The van der Waals surface area contributed by atoms with Crippen molar-refractivity contribution in [2.45, 2.75) is 43.2 Å². The van der Waals surface area contributed by atoms with Gasteiger partial charge in [0.1, 0.15) is 11.4 Å². The first kappa shape index (κ1) is 15.3. The summed E-state index contributed by atoms with van der Waals surface area (Å²) in [7, 11) is -3.73. The van der Waals surface area contributed by atoms with Crippen LogP contribution in [0.25, 0.3) is 0 Å². The van der Waals surface area contributed by atoms with Gasteiger partial charge in [-0.1, -0.05) is 0 Å². The quantitative estimate of drug-likeness (QED) is 0.887. The molecule has 0 amide bonds. The van der Waals surface area contributed by atoms with Gasteiger partial charge in [-0.3, -0.25) is 4.68 Å². The molecule has 2 rings (SSSR count). The summed E-state index contributed by atoms with van der Waals surface area (Å²) in [5, 5.41) is 13.2. The SMILES string of the molecule is O=S(=O)(c1cnn(CC(F)F)c1)N1CCCC(O)CC1. The molecule has 1 saturated heterocycles. The first-order valence-corrected chi connectivity index (χ1v) is 7.82. The fourth-order valence-corrected chi connectivity index (χ4v) is 3.61. The Morgan fingerprint density at radius 1 is 1.40 bits per heavy atom. The minimum absolute atomic E-state index is 0.0884. The number of aromatic nitrogens is 2. The Morgan fingerprint density at radius 3 is 2.85 bits per heavy atom. The van der Waals surface area contributed by atoms with E-state index >= 15 is 0 Å². The number of hydrogen-bond donors (Lipinski definition) is 1. The van der Waals surface area contributed by atoms with E-state index in [0.717, 1.165) is 17.1 Å². The molecule has 0 aliphatic carbocycles. The minimum Gasteiger partial charge on any atom is -0.393 e. The van der Waals surface area contributed by atoms with Crippen LogP contribution in [0.1, 0.15) is 19.3 Å². The number of nitrogens with zero attached hydrogens (tertiary/aromatic N) is 3.